The molecule has 2 heterocycles. The van der Waals surface area contributed by atoms with Crippen molar-refractivity contribution < 1.29 is 4.79 Å². The molecule has 0 aliphatic carbocycles. The molecule has 0 spiro atoms. The van der Waals surface area contributed by atoms with Crippen molar-refractivity contribution in [3.8, 4) is 0 Å². The first-order chi connectivity index (χ1) is 12.2. The zero-order valence-electron chi connectivity index (χ0n) is 15.7. The SMILES string of the molecule is CCCC(CCC)C(=O)N1CCC(Cn2cnc3ccccc32)CC1. The number of carbonyl (C=O) groups excluding carboxylic acids is 1. The van der Waals surface area contributed by atoms with Crippen molar-refractivity contribution in [1.82, 2.24) is 14.5 Å². The lowest BCUT2D eigenvalue weighted by Gasteiger charge is -2.34. The van der Waals surface area contributed by atoms with Crippen molar-refractivity contribution in [2.24, 2.45) is 11.8 Å². The number of hydrogen-bond donors (Lipinski definition) is 0. The van der Waals surface area contributed by atoms with Gasteiger partial charge in [-0.3, -0.25) is 4.79 Å². The minimum atomic E-state index is 0.240. The summed E-state index contributed by atoms with van der Waals surface area (Å²) in [6, 6.07) is 8.31. The van der Waals surface area contributed by atoms with Gasteiger partial charge in [0.05, 0.1) is 17.4 Å². The molecular formula is C21H31N3O. The predicted octanol–water partition coefficient (Wildman–Crippen LogP) is 4.49. The molecular weight excluding hydrogens is 310 g/mol. The fraction of sp³-hybridized carbons (Fsp3) is 0.619. The molecule has 0 unspecified atom stereocenters. The van der Waals surface area contributed by atoms with Crippen molar-refractivity contribution >= 4 is 16.9 Å². The molecule has 1 saturated heterocycles. The average molecular weight is 341 g/mol. The number of nitrogens with zero attached hydrogens (tertiary/aromatic N) is 3. The Bertz CT molecular complexity index is 679. The topological polar surface area (TPSA) is 38.1 Å². The van der Waals surface area contributed by atoms with Crippen LogP contribution in [-0.4, -0.2) is 33.4 Å². The van der Waals surface area contributed by atoms with Crippen molar-refractivity contribution in [2.45, 2.75) is 58.9 Å². The monoisotopic (exact) mass is 341 g/mol. The van der Waals surface area contributed by atoms with Gasteiger partial charge < -0.3 is 9.47 Å². The fourth-order valence-corrected chi connectivity index (χ4v) is 4.12. The number of piperidine rings is 1. The molecule has 1 aromatic carbocycles. The number of aromatic nitrogens is 2. The molecule has 4 heteroatoms. The normalized spacial score (nSPS) is 16.0. The minimum Gasteiger partial charge on any atom is -0.342 e. The van der Waals surface area contributed by atoms with Crippen LogP contribution in [0.4, 0.5) is 0 Å². The summed E-state index contributed by atoms with van der Waals surface area (Å²) in [4.78, 5) is 19.4. The summed E-state index contributed by atoms with van der Waals surface area (Å²) in [7, 11) is 0. The summed E-state index contributed by atoms with van der Waals surface area (Å²) >= 11 is 0. The molecule has 25 heavy (non-hydrogen) atoms. The molecule has 3 rings (SSSR count). The summed E-state index contributed by atoms with van der Waals surface area (Å²) in [5.41, 5.74) is 2.28. The van der Waals surface area contributed by atoms with E-state index < -0.39 is 0 Å². The Kier molecular flexibility index (Phi) is 6.11. The molecule has 0 N–H and O–H groups in total. The molecule has 0 saturated carbocycles. The Hall–Kier alpha value is -1.84. The lowest BCUT2D eigenvalue weighted by molar-refractivity contribution is -0.137. The van der Waals surface area contributed by atoms with Gasteiger partial charge in [-0.25, -0.2) is 4.98 Å². The molecule has 1 aliphatic heterocycles. The number of benzene rings is 1. The van der Waals surface area contributed by atoms with Crippen LogP contribution in [0.1, 0.15) is 52.4 Å². The van der Waals surface area contributed by atoms with Gasteiger partial charge in [0.15, 0.2) is 0 Å². The molecule has 136 valence electrons. The highest BCUT2D eigenvalue weighted by Gasteiger charge is 2.27. The van der Waals surface area contributed by atoms with Crippen molar-refractivity contribution in [3.63, 3.8) is 0 Å². The van der Waals surface area contributed by atoms with Crippen LogP contribution in [0.25, 0.3) is 11.0 Å². The second-order valence-electron chi connectivity index (χ2n) is 7.43. The number of imidazole rings is 1. The lowest BCUT2D eigenvalue weighted by atomic mass is 9.92. The number of hydrogen-bond acceptors (Lipinski definition) is 2. The van der Waals surface area contributed by atoms with E-state index in [9.17, 15) is 4.79 Å². The number of rotatable bonds is 7. The first-order valence-electron chi connectivity index (χ1n) is 9.91. The van der Waals surface area contributed by atoms with E-state index in [2.05, 4.69) is 46.5 Å². The third-order valence-corrected chi connectivity index (χ3v) is 5.53. The van der Waals surface area contributed by atoms with E-state index in [-0.39, 0.29) is 5.92 Å². The third-order valence-electron chi connectivity index (χ3n) is 5.53. The van der Waals surface area contributed by atoms with Crippen molar-refractivity contribution in [3.05, 3.63) is 30.6 Å². The van der Waals surface area contributed by atoms with E-state index in [0.29, 0.717) is 11.8 Å². The van der Waals surface area contributed by atoms with Gasteiger partial charge in [-0.1, -0.05) is 38.8 Å². The second kappa shape index (κ2) is 8.50. The Morgan fingerprint density at radius 3 is 2.52 bits per heavy atom. The van der Waals surface area contributed by atoms with Crippen LogP contribution < -0.4 is 0 Å². The van der Waals surface area contributed by atoms with Crippen LogP contribution in [0.5, 0.6) is 0 Å². The number of carbonyl (C=O) groups is 1. The molecule has 0 radical (unpaired) electrons. The Labute approximate surface area is 151 Å². The molecule has 1 aliphatic rings. The number of amides is 1. The zero-order valence-corrected chi connectivity index (χ0v) is 15.7. The molecule has 4 nitrogen and oxygen atoms in total. The molecule has 1 aromatic heterocycles. The average Bonchev–Trinajstić information content (AvgIpc) is 3.05. The Morgan fingerprint density at radius 1 is 1.16 bits per heavy atom. The van der Waals surface area contributed by atoms with Crippen LogP contribution in [0.3, 0.4) is 0 Å². The first-order valence-corrected chi connectivity index (χ1v) is 9.91. The summed E-state index contributed by atoms with van der Waals surface area (Å²) in [5.74, 6) is 1.27. The quantitative estimate of drug-likeness (QED) is 0.744. The maximum Gasteiger partial charge on any atom is 0.225 e. The Morgan fingerprint density at radius 2 is 1.84 bits per heavy atom. The van der Waals surface area contributed by atoms with Gasteiger partial charge in [0.25, 0.3) is 0 Å². The van der Waals surface area contributed by atoms with Gasteiger partial charge in [-0.2, -0.15) is 0 Å². The lowest BCUT2D eigenvalue weighted by Crippen LogP contribution is -2.42. The number of likely N-dealkylation sites (tertiary alicyclic amines) is 1. The third kappa shape index (κ3) is 4.23. The van der Waals surface area contributed by atoms with E-state index in [4.69, 9.17) is 0 Å². The maximum atomic E-state index is 12.8. The summed E-state index contributed by atoms with van der Waals surface area (Å²) in [5, 5.41) is 0. The van der Waals surface area contributed by atoms with Gasteiger partial charge in [-0.05, 0) is 43.7 Å². The van der Waals surface area contributed by atoms with E-state index in [1.54, 1.807) is 0 Å². The van der Waals surface area contributed by atoms with E-state index in [1.165, 1.54) is 5.52 Å². The number of fused-ring (bicyclic) bond motifs is 1. The van der Waals surface area contributed by atoms with E-state index in [1.807, 2.05) is 12.4 Å². The number of para-hydroxylation sites is 2. The van der Waals surface area contributed by atoms with Crippen molar-refractivity contribution in [2.75, 3.05) is 13.1 Å². The smallest absolute Gasteiger partial charge is 0.225 e. The second-order valence-corrected chi connectivity index (χ2v) is 7.43. The summed E-state index contributed by atoms with van der Waals surface area (Å²) in [6.45, 7) is 7.20. The largest absolute Gasteiger partial charge is 0.342 e. The molecule has 0 bridgehead atoms. The van der Waals surface area contributed by atoms with Gasteiger partial charge in [0, 0.05) is 25.6 Å². The molecule has 0 atom stereocenters. The predicted molar refractivity (Wildman–Crippen MR) is 102 cm³/mol. The van der Waals surface area contributed by atoms with E-state index >= 15 is 0 Å². The van der Waals surface area contributed by atoms with Crippen molar-refractivity contribution in [1.29, 1.82) is 0 Å². The molecule has 2 aromatic rings. The van der Waals surface area contributed by atoms with Gasteiger partial charge >= 0.3 is 0 Å². The van der Waals surface area contributed by atoms with Crippen LogP contribution in [0, 0.1) is 11.8 Å². The molecule has 1 amide bonds. The van der Waals surface area contributed by atoms with Gasteiger partial charge in [0.1, 0.15) is 0 Å². The first kappa shape index (κ1) is 18.0. The summed E-state index contributed by atoms with van der Waals surface area (Å²) < 4.78 is 2.27. The van der Waals surface area contributed by atoms with E-state index in [0.717, 1.165) is 63.7 Å². The standard InChI is InChI=1S/C21H31N3O/c1-3-7-18(8-4-2)21(25)23-13-11-17(12-14-23)15-24-16-22-19-9-5-6-10-20(19)24/h5-6,9-10,16-18H,3-4,7-8,11-15H2,1-2H3. The molecule has 1 fully saturated rings. The van der Waals surface area contributed by atoms with Gasteiger partial charge in [0.2, 0.25) is 5.91 Å². The maximum absolute atomic E-state index is 12.8. The van der Waals surface area contributed by atoms with Crippen LogP contribution >= 0.6 is 0 Å². The minimum absolute atomic E-state index is 0.240. The highest BCUT2D eigenvalue weighted by atomic mass is 16.2. The summed E-state index contributed by atoms with van der Waals surface area (Å²) in [6.07, 6.45) is 8.43. The highest BCUT2D eigenvalue weighted by molar-refractivity contribution is 5.79. The van der Waals surface area contributed by atoms with Crippen LogP contribution in [0.15, 0.2) is 30.6 Å². The van der Waals surface area contributed by atoms with Crippen LogP contribution in [0.2, 0.25) is 0 Å². The Balaban J connectivity index is 1.55. The fourth-order valence-electron chi connectivity index (χ4n) is 4.12. The highest BCUT2D eigenvalue weighted by Crippen LogP contribution is 2.24. The zero-order chi connectivity index (χ0) is 17.6. The van der Waals surface area contributed by atoms with Gasteiger partial charge in [-0.15, -0.1) is 0 Å². The van der Waals surface area contributed by atoms with Crippen LogP contribution in [-0.2, 0) is 11.3 Å².